The standard InChI is InChI=1S/C23H25N3O2S/c1-4-26(3)21-10-7-9-19(14-21)25-23(27)13-12-18-8-5-6-11-22(18)28-15-20-16-29-17(2)24-20/h5-14,16H,4,15H2,1-3H3,(H,25,27)/b13-12+. The smallest absolute Gasteiger partial charge is 0.248 e. The second kappa shape index (κ2) is 9.89. The van der Waals surface area contributed by atoms with Crippen molar-refractivity contribution in [3.05, 3.63) is 76.3 Å². The number of aromatic nitrogens is 1. The molecule has 1 amide bonds. The number of hydrogen-bond donors (Lipinski definition) is 1. The van der Waals surface area contributed by atoms with Gasteiger partial charge in [-0.25, -0.2) is 4.98 Å². The minimum absolute atomic E-state index is 0.189. The number of amides is 1. The first-order chi connectivity index (χ1) is 14.0. The number of rotatable bonds is 8. The Morgan fingerprint density at radius 2 is 2.07 bits per heavy atom. The SMILES string of the molecule is CCN(C)c1cccc(NC(=O)/C=C/c2ccccc2OCc2csc(C)n2)c1. The Bertz CT molecular complexity index is 997. The molecule has 2 aromatic carbocycles. The van der Waals surface area contributed by atoms with Crippen molar-refractivity contribution < 1.29 is 9.53 Å². The molecule has 0 saturated carbocycles. The van der Waals surface area contributed by atoms with Gasteiger partial charge in [0.25, 0.3) is 0 Å². The minimum atomic E-state index is -0.189. The Hall–Kier alpha value is -3.12. The fourth-order valence-electron chi connectivity index (χ4n) is 2.73. The summed E-state index contributed by atoms with van der Waals surface area (Å²) in [5, 5.41) is 5.92. The van der Waals surface area contributed by atoms with E-state index in [4.69, 9.17) is 4.74 Å². The highest BCUT2D eigenvalue weighted by atomic mass is 32.1. The molecular weight excluding hydrogens is 382 g/mol. The summed E-state index contributed by atoms with van der Waals surface area (Å²) in [5.41, 5.74) is 3.57. The van der Waals surface area contributed by atoms with Crippen LogP contribution in [-0.2, 0) is 11.4 Å². The second-order valence-corrected chi connectivity index (χ2v) is 7.63. The molecule has 29 heavy (non-hydrogen) atoms. The highest BCUT2D eigenvalue weighted by Crippen LogP contribution is 2.22. The molecule has 1 N–H and O–H groups in total. The Morgan fingerprint density at radius 1 is 1.24 bits per heavy atom. The number of carbonyl (C=O) groups is 1. The zero-order chi connectivity index (χ0) is 20.6. The number of hydrogen-bond acceptors (Lipinski definition) is 5. The molecule has 1 aromatic heterocycles. The fourth-order valence-corrected chi connectivity index (χ4v) is 3.33. The maximum atomic E-state index is 12.4. The maximum absolute atomic E-state index is 12.4. The van der Waals surface area contributed by atoms with Crippen LogP contribution >= 0.6 is 11.3 Å². The number of anilines is 2. The zero-order valence-electron chi connectivity index (χ0n) is 16.9. The van der Waals surface area contributed by atoms with Gasteiger partial charge < -0.3 is 15.0 Å². The van der Waals surface area contributed by atoms with Gasteiger partial charge in [0.1, 0.15) is 12.4 Å². The van der Waals surface area contributed by atoms with Gasteiger partial charge >= 0.3 is 0 Å². The van der Waals surface area contributed by atoms with Crippen LogP contribution in [0, 0.1) is 6.92 Å². The average Bonchev–Trinajstić information content (AvgIpc) is 3.16. The topological polar surface area (TPSA) is 54.5 Å². The van der Waals surface area contributed by atoms with Crippen LogP contribution in [0.1, 0.15) is 23.2 Å². The lowest BCUT2D eigenvalue weighted by atomic mass is 10.2. The number of aryl methyl sites for hydroxylation is 1. The summed E-state index contributed by atoms with van der Waals surface area (Å²) < 4.78 is 5.90. The molecule has 0 unspecified atom stereocenters. The average molecular weight is 408 g/mol. The maximum Gasteiger partial charge on any atom is 0.248 e. The highest BCUT2D eigenvalue weighted by Gasteiger charge is 2.05. The lowest BCUT2D eigenvalue weighted by Crippen LogP contribution is -2.16. The predicted molar refractivity (Wildman–Crippen MR) is 121 cm³/mol. The van der Waals surface area contributed by atoms with Crippen molar-refractivity contribution in [2.45, 2.75) is 20.5 Å². The number of nitrogens with one attached hydrogen (secondary N) is 1. The van der Waals surface area contributed by atoms with Crippen molar-refractivity contribution in [1.82, 2.24) is 4.98 Å². The van der Waals surface area contributed by atoms with Crippen LogP contribution in [0.5, 0.6) is 5.75 Å². The van der Waals surface area contributed by atoms with Crippen LogP contribution in [-0.4, -0.2) is 24.5 Å². The summed E-state index contributed by atoms with van der Waals surface area (Å²) in [6.07, 6.45) is 3.28. The van der Waals surface area contributed by atoms with Gasteiger partial charge in [0, 0.05) is 42.0 Å². The van der Waals surface area contributed by atoms with E-state index in [1.165, 1.54) is 6.08 Å². The Balaban J connectivity index is 1.64. The van der Waals surface area contributed by atoms with Crippen LogP contribution in [0.15, 0.2) is 60.0 Å². The molecule has 3 aromatic rings. The predicted octanol–water partition coefficient (Wildman–Crippen LogP) is 5.14. The summed E-state index contributed by atoms with van der Waals surface area (Å²) in [5.74, 6) is 0.528. The second-order valence-electron chi connectivity index (χ2n) is 6.57. The van der Waals surface area contributed by atoms with Gasteiger partial charge in [-0.1, -0.05) is 24.3 Å². The first-order valence-corrected chi connectivity index (χ1v) is 10.4. The third-order valence-corrected chi connectivity index (χ3v) is 5.23. The molecule has 0 radical (unpaired) electrons. The summed E-state index contributed by atoms with van der Waals surface area (Å²) in [7, 11) is 2.02. The van der Waals surface area contributed by atoms with E-state index in [9.17, 15) is 4.79 Å². The largest absolute Gasteiger partial charge is 0.487 e. The molecule has 6 heteroatoms. The molecule has 5 nitrogen and oxygen atoms in total. The Kier molecular flexibility index (Phi) is 7.03. The van der Waals surface area contributed by atoms with Gasteiger partial charge in [0.2, 0.25) is 5.91 Å². The molecule has 0 saturated heterocycles. The molecule has 0 spiro atoms. The number of thiazole rings is 1. The molecule has 1 heterocycles. The van der Waals surface area contributed by atoms with Crippen molar-refractivity contribution in [2.75, 3.05) is 23.8 Å². The molecule has 150 valence electrons. The van der Waals surface area contributed by atoms with Crippen LogP contribution in [0.4, 0.5) is 11.4 Å². The van der Waals surface area contributed by atoms with E-state index in [-0.39, 0.29) is 5.91 Å². The van der Waals surface area contributed by atoms with Crippen LogP contribution in [0.2, 0.25) is 0 Å². The minimum Gasteiger partial charge on any atom is -0.487 e. The number of nitrogens with zero attached hydrogens (tertiary/aromatic N) is 2. The molecule has 0 aliphatic carbocycles. The quantitative estimate of drug-likeness (QED) is 0.526. The molecule has 0 aliphatic rings. The number of ether oxygens (including phenoxy) is 1. The molecule has 0 aliphatic heterocycles. The van der Waals surface area contributed by atoms with E-state index >= 15 is 0 Å². The molecule has 0 bridgehead atoms. The number of carbonyl (C=O) groups excluding carboxylic acids is 1. The number of para-hydroxylation sites is 1. The van der Waals surface area contributed by atoms with Crippen molar-refractivity contribution in [3.8, 4) is 5.75 Å². The molecular formula is C23H25N3O2S. The van der Waals surface area contributed by atoms with Crippen molar-refractivity contribution in [1.29, 1.82) is 0 Å². The van der Waals surface area contributed by atoms with Crippen LogP contribution < -0.4 is 15.0 Å². The van der Waals surface area contributed by atoms with E-state index in [0.29, 0.717) is 12.4 Å². The Labute approximate surface area is 175 Å². The van der Waals surface area contributed by atoms with E-state index in [0.717, 1.165) is 34.2 Å². The van der Waals surface area contributed by atoms with Crippen LogP contribution in [0.25, 0.3) is 6.08 Å². The lowest BCUT2D eigenvalue weighted by Gasteiger charge is -2.17. The summed E-state index contributed by atoms with van der Waals surface area (Å²) in [4.78, 5) is 18.9. The van der Waals surface area contributed by atoms with Gasteiger partial charge in [-0.3, -0.25) is 4.79 Å². The van der Waals surface area contributed by atoms with Gasteiger partial charge in [-0.15, -0.1) is 11.3 Å². The first-order valence-electron chi connectivity index (χ1n) is 9.48. The normalized spacial score (nSPS) is 10.9. The summed E-state index contributed by atoms with van der Waals surface area (Å²) in [6, 6.07) is 15.4. The molecule has 0 atom stereocenters. The third kappa shape index (κ3) is 5.93. The summed E-state index contributed by atoms with van der Waals surface area (Å²) >= 11 is 1.60. The monoisotopic (exact) mass is 407 g/mol. The van der Waals surface area contributed by atoms with E-state index in [1.54, 1.807) is 17.4 Å². The third-order valence-electron chi connectivity index (χ3n) is 4.40. The highest BCUT2D eigenvalue weighted by molar-refractivity contribution is 7.09. The number of benzene rings is 2. The van der Waals surface area contributed by atoms with Gasteiger partial charge in [0.15, 0.2) is 0 Å². The fraction of sp³-hybridized carbons (Fsp3) is 0.217. The molecule has 0 fully saturated rings. The molecule has 3 rings (SSSR count). The Morgan fingerprint density at radius 3 is 2.83 bits per heavy atom. The van der Waals surface area contributed by atoms with E-state index in [1.807, 2.05) is 67.9 Å². The van der Waals surface area contributed by atoms with Crippen molar-refractivity contribution >= 4 is 34.7 Å². The van der Waals surface area contributed by atoms with Gasteiger partial charge in [-0.2, -0.15) is 0 Å². The van der Waals surface area contributed by atoms with Crippen molar-refractivity contribution in [2.24, 2.45) is 0 Å². The van der Waals surface area contributed by atoms with Gasteiger partial charge in [0.05, 0.1) is 10.7 Å². The lowest BCUT2D eigenvalue weighted by molar-refractivity contribution is -0.111. The van der Waals surface area contributed by atoms with E-state index < -0.39 is 0 Å². The zero-order valence-corrected chi connectivity index (χ0v) is 17.7. The summed E-state index contributed by atoms with van der Waals surface area (Å²) in [6.45, 7) is 5.36. The van der Waals surface area contributed by atoms with E-state index in [2.05, 4.69) is 22.1 Å². The van der Waals surface area contributed by atoms with Gasteiger partial charge in [-0.05, 0) is 44.2 Å². The first kappa shape index (κ1) is 20.6. The van der Waals surface area contributed by atoms with Crippen molar-refractivity contribution in [3.63, 3.8) is 0 Å². The van der Waals surface area contributed by atoms with Crippen LogP contribution in [0.3, 0.4) is 0 Å².